The number of rotatable bonds is 3. The molecule has 0 unspecified atom stereocenters. The number of hydrogen-bond acceptors (Lipinski definition) is 2. The van der Waals surface area contributed by atoms with Crippen LogP contribution in [0.4, 0.5) is 4.39 Å². The third-order valence-corrected chi connectivity index (χ3v) is 4.67. The highest BCUT2D eigenvalue weighted by Crippen LogP contribution is 2.24. The second kappa shape index (κ2) is 8.00. The summed E-state index contributed by atoms with van der Waals surface area (Å²) in [6.07, 6.45) is 2.02. The predicted octanol–water partition coefficient (Wildman–Crippen LogP) is 3.90. The molecule has 0 radical (unpaired) electrons. The summed E-state index contributed by atoms with van der Waals surface area (Å²) in [5.74, 6) is 6.31. The summed E-state index contributed by atoms with van der Waals surface area (Å²) in [4.78, 5) is 2.28. The van der Waals surface area contributed by atoms with Crippen LogP contribution in [0.5, 0.6) is 0 Å². The summed E-state index contributed by atoms with van der Waals surface area (Å²) in [7, 11) is 0. The Hall–Kier alpha value is -2.57. The Kier molecular flexibility index (Phi) is 5.53. The lowest BCUT2D eigenvalue weighted by Gasteiger charge is -2.34. The summed E-state index contributed by atoms with van der Waals surface area (Å²) in [5, 5.41) is 9.24. The van der Waals surface area contributed by atoms with Crippen LogP contribution in [0.25, 0.3) is 5.70 Å². The molecular weight excluding hydrogens is 313 g/mol. The standard InChI is InChI=1S/C22H22FNO/c1-17(24-14-12-20(16-25)13-15-24)21-8-4-18(5-9-21)2-3-19-6-10-22(23)11-7-19/h4-11,20,25H,1,12-16H2. The Bertz CT molecular complexity index is 776. The van der Waals surface area contributed by atoms with Crippen LogP contribution in [0.1, 0.15) is 29.5 Å². The molecule has 1 aliphatic rings. The summed E-state index contributed by atoms with van der Waals surface area (Å²) in [6, 6.07) is 14.2. The predicted molar refractivity (Wildman–Crippen MR) is 99.2 cm³/mol. The number of benzene rings is 2. The third kappa shape index (κ3) is 4.49. The van der Waals surface area contributed by atoms with Crippen molar-refractivity contribution in [2.75, 3.05) is 19.7 Å². The molecule has 3 heteroatoms. The molecule has 25 heavy (non-hydrogen) atoms. The molecule has 1 aliphatic heterocycles. The lowest BCUT2D eigenvalue weighted by molar-refractivity contribution is 0.162. The average molecular weight is 335 g/mol. The van der Waals surface area contributed by atoms with E-state index in [0.29, 0.717) is 5.92 Å². The minimum atomic E-state index is -0.253. The molecular formula is C22H22FNO. The number of hydrogen-bond donors (Lipinski definition) is 1. The molecule has 0 bridgehead atoms. The van der Waals surface area contributed by atoms with Crippen molar-refractivity contribution in [3.63, 3.8) is 0 Å². The van der Waals surface area contributed by atoms with Crippen molar-refractivity contribution in [2.45, 2.75) is 12.8 Å². The number of nitrogens with zero attached hydrogens (tertiary/aromatic N) is 1. The number of aliphatic hydroxyl groups excluding tert-OH is 1. The zero-order chi connectivity index (χ0) is 17.6. The fourth-order valence-corrected chi connectivity index (χ4v) is 2.99. The van der Waals surface area contributed by atoms with E-state index in [9.17, 15) is 9.50 Å². The maximum atomic E-state index is 12.9. The number of likely N-dealkylation sites (tertiary alicyclic amines) is 1. The van der Waals surface area contributed by atoms with E-state index in [1.54, 1.807) is 12.1 Å². The van der Waals surface area contributed by atoms with Gasteiger partial charge in [-0.05, 0) is 60.7 Å². The summed E-state index contributed by atoms with van der Waals surface area (Å²) >= 11 is 0. The van der Waals surface area contributed by atoms with Crippen molar-refractivity contribution in [3.05, 3.63) is 77.6 Å². The van der Waals surface area contributed by atoms with E-state index >= 15 is 0 Å². The van der Waals surface area contributed by atoms with Gasteiger partial charge in [-0.1, -0.05) is 30.6 Å². The zero-order valence-electron chi connectivity index (χ0n) is 14.2. The molecule has 1 fully saturated rings. The van der Waals surface area contributed by atoms with Crippen molar-refractivity contribution in [1.82, 2.24) is 4.90 Å². The first-order chi connectivity index (χ1) is 12.2. The first-order valence-corrected chi connectivity index (χ1v) is 8.58. The van der Waals surface area contributed by atoms with Gasteiger partial charge in [-0.15, -0.1) is 0 Å². The SMILES string of the molecule is C=C(c1ccc(C#Cc2ccc(F)cc2)cc1)N1CCC(CO)CC1. The first kappa shape index (κ1) is 17.3. The Morgan fingerprint density at radius 3 is 2.04 bits per heavy atom. The summed E-state index contributed by atoms with van der Waals surface area (Å²) in [6.45, 7) is 6.38. The molecule has 0 spiro atoms. The normalized spacial score (nSPS) is 14.7. The van der Waals surface area contributed by atoms with Crippen LogP contribution in [-0.2, 0) is 0 Å². The van der Waals surface area contributed by atoms with Crippen LogP contribution in [0.2, 0.25) is 0 Å². The van der Waals surface area contributed by atoms with Gasteiger partial charge in [-0.3, -0.25) is 0 Å². The van der Waals surface area contributed by atoms with Crippen molar-refractivity contribution in [1.29, 1.82) is 0 Å². The van der Waals surface area contributed by atoms with Gasteiger partial charge in [-0.25, -0.2) is 4.39 Å². The fourth-order valence-electron chi connectivity index (χ4n) is 2.99. The molecule has 3 rings (SSSR count). The highest BCUT2D eigenvalue weighted by Gasteiger charge is 2.19. The van der Waals surface area contributed by atoms with Crippen LogP contribution in [0.15, 0.2) is 55.1 Å². The van der Waals surface area contributed by atoms with E-state index in [-0.39, 0.29) is 12.4 Å². The van der Waals surface area contributed by atoms with E-state index in [1.807, 2.05) is 24.3 Å². The lowest BCUT2D eigenvalue weighted by atomic mass is 9.96. The van der Waals surface area contributed by atoms with E-state index in [2.05, 4.69) is 23.3 Å². The molecule has 1 saturated heterocycles. The van der Waals surface area contributed by atoms with Crippen LogP contribution in [-0.4, -0.2) is 29.7 Å². The highest BCUT2D eigenvalue weighted by molar-refractivity contribution is 5.63. The molecule has 1 N–H and O–H groups in total. The van der Waals surface area contributed by atoms with Gasteiger partial charge >= 0.3 is 0 Å². The molecule has 0 amide bonds. The smallest absolute Gasteiger partial charge is 0.123 e. The topological polar surface area (TPSA) is 23.5 Å². The van der Waals surface area contributed by atoms with Crippen molar-refractivity contribution >= 4 is 5.70 Å². The van der Waals surface area contributed by atoms with Gasteiger partial charge in [0.25, 0.3) is 0 Å². The largest absolute Gasteiger partial charge is 0.396 e. The quantitative estimate of drug-likeness (QED) is 0.860. The fraction of sp³-hybridized carbons (Fsp3) is 0.273. The van der Waals surface area contributed by atoms with Gasteiger partial charge in [0, 0.05) is 36.5 Å². The number of halogens is 1. The van der Waals surface area contributed by atoms with Gasteiger partial charge in [0.05, 0.1) is 0 Å². The van der Waals surface area contributed by atoms with Crippen LogP contribution in [0.3, 0.4) is 0 Å². The van der Waals surface area contributed by atoms with Gasteiger partial charge in [0.1, 0.15) is 5.82 Å². The summed E-state index contributed by atoms with van der Waals surface area (Å²) in [5.41, 5.74) is 3.82. The second-order valence-electron chi connectivity index (χ2n) is 6.39. The molecule has 0 atom stereocenters. The van der Waals surface area contributed by atoms with Gasteiger partial charge < -0.3 is 10.0 Å². The Morgan fingerprint density at radius 1 is 1.00 bits per heavy atom. The van der Waals surface area contributed by atoms with Gasteiger partial charge in [0.15, 0.2) is 0 Å². The Morgan fingerprint density at radius 2 is 1.52 bits per heavy atom. The molecule has 0 aliphatic carbocycles. The van der Waals surface area contributed by atoms with Gasteiger partial charge in [-0.2, -0.15) is 0 Å². The van der Waals surface area contributed by atoms with E-state index in [1.165, 1.54) is 12.1 Å². The minimum Gasteiger partial charge on any atom is -0.396 e. The molecule has 2 aromatic rings. The Balaban J connectivity index is 1.64. The number of aliphatic hydroxyl groups is 1. The van der Waals surface area contributed by atoms with Crippen molar-refractivity contribution in [3.8, 4) is 11.8 Å². The molecule has 0 saturated carbocycles. The summed E-state index contributed by atoms with van der Waals surface area (Å²) < 4.78 is 12.9. The number of piperidine rings is 1. The van der Waals surface area contributed by atoms with Crippen LogP contribution >= 0.6 is 0 Å². The highest BCUT2D eigenvalue weighted by atomic mass is 19.1. The monoisotopic (exact) mass is 335 g/mol. The molecule has 1 heterocycles. The maximum Gasteiger partial charge on any atom is 0.123 e. The van der Waals surface area contributed by atoms with E-state index in [0.717, 1.165) is 48.3 Å². The molecule has 0 aromatic heterocycles. The van der Waals surface area contributed by atoms with Crippen molar-refractivity contribution < 1.29 is 9.50 Å². The zero-order valence-corrected chi connectivity index (χ0v) is 14.2. The molecule has 2 nitrogen and oxygen atoms in total. The van der Waals surface area contributed by atoms with E-state index < -0.39 is 0 Å². The molecule has 2 aromatic carbocycles. The third-order valence-electron chi connectivity index (χ3n) is 4.67. The lowest BCUT2D eigenvalue weighted by Crippen LogP contribution is -2.33. The molecule has 128 valence electrons. The average Bonchev–Trinajstić information content (AvgIpc) is 2.67. The second-order valence-corrected chi connectivity index (χ2v) is 6.39. The van der Waals surface area contributed by atoms with E-state index in [4.69, 9.17) is 0 Å². The Labute approximate surface area is 148 Å². The maximum absolute atomic E-state index is 12.9. The van der Waals surface area contributed by atoms with Crippen LogP contribution < -0.4 is 0 Å². The van der Waals surface area contributed by atoms with Crippen molar-refractivity contribution in [2.24, 2.45) is 5.92 Å². The minimum absolute atomic E-state index is 0.253. The van der Waals surface area contributed by atoms with Gasteiger partial charge in [0.2, 0.25) is 0 Å². The van der Waals surface area contributed by atoms with Crippen LogP contribution in [0, 0.1) is 23.6 Å². The first-order valence-electron chi connectivity index (χ1n) is 8.58.